The van der Waals surface area contributed by atoms with Crippen molar-refractivity contribution in [2.24, 2.45) is 7.05 Å². The van der Waals surface area contributed by atoms with Gasteiger partial charge >= 0.3 is 0 Å². The second-order valence-corrected chi connectivity index (χ2v) is 6.16. The highest BCUT2D eigenvalue weighted by atomic mass is 32.2. The summed E-state index contributed by atoms with van der Waals surface area (Å²) in [5.41, 5.74) is 3.07. The molecule has 4 aromatic rings. The molecule has 0 N–H and O–H groups in total. The van der Waals surface area contributed by atoms with Crippen LogP contribution in [-0.4, -0.2) is 24.1 Å². The minimum absolute atomic E-state index is 0.766. The largest absolute Gasteiger partial charge is 0.307 e. The van der Waals surface area contributed by atoms with Gasteiger partial charge in [-0.15, -0.1) is 10.2 Å². The topological polar surface area (TPSA) is 48.0 Å². The van der Waals surface area contributed by atoms with Gasteiger partial charge in [0.1, 0.15) is 5.65 Å². The standard InChI is InChI=1S/C17H15N5S/c1-21-16(13-7-3-2-4-8-13)19-20-17(21)23-12-14-11-22-10-6-5-9-15(22)18-14/h2-11H,12H2,1H3. The summed E-state index contributed by atoms with van der Waals surface area (Å²) in [6.45, 7) is 0. The molecular weight excluding hydrogens is 306 g/mol. The molecule has 23 heavy (non-hydrogen) atoms. The van der Waals surface area contributed by atoms with Crippen LogP contribution in [0.1, 0.15) is 5.69 Å². The number of hydrogen-bond acceptors (Lipinski definition) is 4. The van der Waals surface area contributed by atoms with Crippen LogP contribution in [-0.2, 0) is 12.8 Å². The number of aromatic nitrogens is 5. The predicted octanol–water partition coefficient (Wildman–Crippen LogP) is 3.42. The Morgan fingerprint density at radius 1 is 1.00 bits per heavy atom. The highest BCUT2D eigenvalue weighted by Crippen LogP contribution is 2.24. The monoisotopic (exact) mass is 321 g/mol. The average Bonchev–Trinajstić information content (AvgIpc) is 3.17. The lowest BCUT2D eigenvalue weighted by atomic mass is 10.2. The van der Waals surface area contributed by atoms with Gasteiger partial charge in [-0.3, -0.25) is 0 Å². The molecule has 5 nitrogen and oxygen atoms in total. The lowest BCUT2D eigenvalue weighted by Gasteiger charge is -2.02. The van der Waals surface area contributed by atoms with E-state index in [4.69, 9.17) is 0 Å². The highest BCUT2D eigenvalue weighted by Gasteiger charge is 2.11. The summed E-state index contributed by atoms with van der Waals surface area (Å²) >= 11 is 1.64. The Morgan fingerprint density at radius 2 is 1.83 bits per heavy atom. The smallest absolute Gasteiger partial charge is 0.191 e. The third-order valence-corrected chi connectivity index (χ3v) is 4.68. The number of hydrogen-bond donors (Lipinski definition) is 0. The van der Waals surface area contributed by atoms with Gasteiger partial charge in [0.05, 0.1) is 5.69 Å². The zero-order chi connectivity index (χ0) is 15.6. The number of thioether (sulfide) groups is 1. The van der Waals surface area contributed by atoms with Crippen molar-refractivity contribution in [1.29, 1.82) is 0 Å². The van der Waals surface area contributed by atoms with E-state index in [1.54, 1.807) is 11.8 Å². The molecule has 0 bridgehead atoms. The molecule has 3 heterocycles. The first-order chi connectivity index (χ1) is 11.3. The van der Waals surface area contributed by atoms with E-state index in [-0.39, 0.29) is 0 Å². The molecular formula is C17H15N5S. The zero-order valence-corrected chi connectivity index (χ0v) is 13.4. The molecule has 4 rings (SSSR count). The van der Waals surface area contributed by atoms with Crippen molar-refractivity contribution in [2.45, 2.75) is 10.9 Å². The summed E-state index contributed by atoms with van der Waals surface area (Å²) in [5, 5.41) is 9.50. The summed E-state index contributed by atoms with van der Waals surface area (Å²) in [6.07, 6.45) is 4.06. The minimum atomic E-state index is 0.766. The Bertz CT molecular complexity index is 909. The van der Waals surface area contributed by atoms with Gasteiger partial charge in [0.2, 0.25) is 0 Å². The Hall–Kier alpha value is -2.60. The maximum atomic E-state index is 4.61. The van der Waals surface area contributed by atoms with Crippen LogP contribution in [0.3, 0.4) is 0 Å². The van der Waals surface area contributed by atoms with Crippen molar-refractivity contribution >= 4 is 17.4 Å². The van der Waals surface area contributed by atoms with Crippen LogP contribution < -0.4 is 0 Å². The Labute approximate surface area is 138 Å². The molecule has 1 aromatic carbocycles. The summed E-state index contributed by atoms with van der Waals surface area (Å²) in [6, 6.07) is 16.1. The molecule has 0 unspecified atom stereocenters. The van der Waals surface area contributed by atoms with Gasteiger partial charge in [-0.25, -0.2) is 4.98 Å². The number of imidazole rings is 1. The van der Waals surface area contributed by atoms with Crippen LogP contribution in [0.4, 0.5) is 0 Å². The van der Waals surface area contributed by atoms with E-state index in [0.29, 0.717) is 0 Å². The summed E-state index contributed by atoms with van der Waals surface area (Å²) in [7, 11) is 1.99. The third kappa shape index (κ3) is 2.73. The maximum absolute atomic E-state index is 4.61. The van der Waals surface area contributed by atoms with E-state index >= 15 is 0 Å². The lowest BCUT2D eigenvalue weighted by Crippen LogP contribution is -1.95. The lowest BCUT2D eigenvalue weighted by molar-refractivity contribution is 0.793. The van der Waals surface area contributed by atoms with Crippen molar-refractivity contribution in [3.05, 3.63) is 66.6 Å². The fourth-order valence-electron chi connectivity index (χ4n) is 2.47. The maximum Gasteiger partial charge on any atom is 0.191 e. The molecule has 0 atom stereocenters. The number of fused-ring (bicyclic) bond motifs is 1. The Morgan fingerprint density at radius 3 is 2.65 bits per heavy atom. The van der Waals surface area contributed by atoms with Gasteiger partial charge < -0.3 is 8.97 Å². The van der Waals surface area contributed by atoms with E-state index < -0.39 is 0 Å². The molecule has 0 aliphatic heterocycles. The first-order valence-electron chi connectivity index (χ1n) is 7.31. The van der Waals surface area contributed by atoms with Crippen LogP contribution in [0.15, 0.2) is 66.1 Å². The van der Waals surface area contributed by atoms with Gasteiger partial charge in [-0.2, -0.15) is 0 Å². The molecule has 0 aliphatic carbocycles. The van der Waals surface area contributed by atoms with Crippen LogP contribution >= 0.6 is 11.8 Å². The first-order valence-corrected chi connectivity index (χ1v) is 8.30. The van der Waals surface area contributed by atoms with E-state index in [1.165, 1.54) is 0 Å². The Balaban J connectivity index is 1.54. The van der Waals surface area contributed by atoms with Gasteiger partial charge in [0.15, 0.2) is 11.0 Å². The molecule has 0 fully saturated rings. The molecule has 0 aliphatic rings. The summed E-state index contributed by atoms with van der Waals surface area (Å²) in [4.78, 5) is 4.61. The van der Waals surface area contributed by atoms with E-state index in [0.717, 1.165) is 33.6 Å². The van der Waals surface area contributed by atoms with Crippen molar-refractivity contribution < 1.29 is 0 Å². The summed E-state index contributed by atoms with van der Waals surface area (Å²) in [5.74, 6) is 1.64. The Kier molecular flexibility index (Phi) is 3.59. The van der Waals surface area contributed by atoms with Gasteiger partial charge in [0, 0.05) is 30.8 Å². The van der Waals surface area contributed by atoms with E-state index in [2.05, 4.69) is 21.4 Å². The van der Waals surface area contributed by atoms with Gasteiger partial charge in [0.25, 0.3) is 0 Å². The van der Waals surface area contributed by atoms with E-state index in [9.17, 15) is 0 Å². The zero-order valence-electron chi connectivity index (χ0n) is 12.6. The fraction of sp³-hybridized carbons (Fsp3) is 0.118. The fourth-order valence-corrected chi connectivity index (χ4v) is 3.27. The minimum Gasteiger partial charge on any atom is -0.307 e. The molecule has 0 amide bonds. The molecule has 0 spiro atoms. The molecule has 3 aromatic heterocycles. The second-order valence-electron chi connectivity index (χ2n) is 5.22. The quantitative estimate of drug-likeness (QED) is 0.540. The number of nitrogens with zero attached hydrogens (tertiary/aromatic N) is 5. The number of pyridine rings is 1. The molecule has 114 valence electrons. The number of rotatable bonds is 4. The van der Waals surface area contributed by atoms with Crippen molar-refractivity contribution in [1.82, 2.24) is 24.1 Å². The molecule has 0 saturated carbocycles. The van der Waals surface area contributed by atoms with Crippen LogP contribution in [0.2, 0.25) is 0 Å². The van der Waals surface area contributed by atoms with Crippen molar-refractivity contribution in [3.8, 4) is 11.4 Å². The molecule has 0 radical (unpaired) electrons. The summed E-state index contributed by atoms with van der Waals surface area (Å²) < 4.78 is 4.05. The highest BCUT2D eigenvalue weighted by molar-refractivity contribution is 7.98. The molecule has 0 saturated heterocycles. The van der Waals surface area contributed by atoms with Crippen molar-refractivity contribution in [3.63, 3.8) is 0 Å². The normalized spacial score (nSPS) is 11.2. The van der Waals surface area contributed by atoms with Gasteiger partial charge in [-0.1, -0.05) is 48.2 Å². The average molecular weight is 321 g/mol. The van der Waals surface area contributed by atoms with Crippen LogP contribution in [0.5, 0.6) is 0 Å². The van der Waals surface area contributed by atoms with E-state index in [1.807, 2.05) is 70.7 Å². The van der Waals surface area contributed by atoms with Crippen molar-refractivity contribution in [2.75, 3.05) is 0 Å². The predicted molar refractivity (Wildman–Crippen MR) is 91.2 cm³/mol. The first kappa shape index (κ1) is 14.0. The van der Waals surface area contributed by atoms with Gasteiger partial charge in [-0.05, 0) is 12.1 Å². The van der Waals surface area contributed by atoms with Crippen LogP contribution in [0.25, 0.3) is 17.0 Å². The number of benzene rings is 1. The third-order valence-electron chi connectivity index (χ3n) is 3.63. The SMILES string of the molecule is Cn1c(SCc2cn3ccccc3n2)nnc1-c1ccccc1. The molecule has 6 heteroatoms. The van der Waals surface area contributed by atoms with Crippen LogP contribution in [0, 0.1) is 0 Å². The second kappa shape index (κ2) is 5.89.